The van der Waals surface area contributed by atoms with E-state index in [0.29, 0.717) is 35.3 Å². The van der Waals surface area contributed by atoms with Crippen LogP contribution in [0.1, 0.15) is 26.3 Å². The lowest BCUT2D eigenvalue weighted by Gasteiger charge is -2.38. The van der Waals surface area contributed by atoms with Crippen LogP contribution in [0, 0.1) is 5.92 Å². The Bertz CT molecular complexity index is 743. The van der Waals surface area contributed by atoms with E-state index >= 15 is 0 Å². The zero-order valence-corrected chi connectivity index (χ0v) is 13.9. The molecule has 0 radical (unpaired) electrons. The van der Waals surface area contributed by atoms with E-state index in [1.165, 1.54) is 30.7 Å². The second-order valence-electron chi connectivity index (χ2n) is 5.29. The molecule has 6 nitrogen and oxygen atoms in total. The van der Waals surface area contributed by atoms with Crippen LogP contribution in [0.5, 0.6) is 5.88 Å². The van der Waals surface area contributed by atoms with Gasteiger partial charge in [0.05, 0.1) is 28.8 Å². The second-order valence-corrected chi connectivity index (χ2v) is 6.76. The Morgan fingerprint density at radius 3 is 2.74 bits per heavy atom. The van der Waals surface area contributed by atoms with Crippen LogP contribution in [0.15, 0.2) is 24.5 Å². The average Bonchev–Trinajstić information content (AvgIpc) is 2.95. The molecule has 0 unspecified atom stereocenters. The molecule has 3 rings (SSSR count). The number of nitrogens with zero attached hydrogens (tertiary/aromatic N) is 3. The van der Waals surface area contributed by atoms with Crippen LogP contribution in [0.4, 0.5) is 0 Å². The molecule has 8 heteroatoms. The van der Waals surface area contributed by atoms with E-state index in [4.69, 9.17) is 16.3 Å². The van der Waals surface area contributed by atoms with Gasteiger partial charge in [-0.3, -0.25) is 14.6 Å². The van der Waals surface area contributed by atoms with Crippen molar-refractivity contribution in [2.75, 3.05) is 19.7 Å². The normalized spacial score (nSPS) is 14.4. The molecule has 0 aliphatic carbocycles. The Morgan fingerprint density at radius 2 is 2.09 bits per heavy atom. The summed E-state index contributed by atoms with van der Waals surface area (Å²) in [6.45, 7) is 3.21. The van der Waals surface area contributed by atoms with Crippen LogP contribution in [0.2, 0.25) is 5.15 Å². The van der Waals surface area contributed by atoms with Crippen LogP contribution in [-0.4, -0.2) is 46.3 Å². The summed E-state index contributed by atoms with van der Waals surface area (Å²) in [6.07, 6.45) is 2.94. The van der Waals surface area contributed by atoms with Crippen LogP contribution in [0.25, 0.3) is 0 Å². The van der Waals surface area contributed by atoms with Crippen LogP contribution in [-0.2, 0) is 0 Å². The fourth-order valence-electron chi connectivity index (χ4n) is 2.24. The number of carbonyl (C=O) groups excluding carboxylic acids is 2. The third kappa shape index (κ3) is 3.68. The van der Waals surface area contributed by atoms with Gasteiger partial charge in [0.2, 0.25) is 5.88 Å². The largest absolute Gasteiger partial charge is 0.476 e. The van der Waals surface area contributed by atoms with E-state index < -0.39 is 0 Å². The molecule has 1 aliphatic heterocycles. The Morgan fingerprint density at radius 1 is 1.35 bits per heavy atom. The van der Waals surface area contributed by atoms with Crippen molar-refractivity contribution < 1.29 is 14.3 Å². The number of ketones is 1. The molecule has 3 heterocycles. The molecule has 0 N–H and O–H groups in total. The van der Waals surface area contributed by atoms with E-state index in [9.17, 15) is 9.59 Å². The average molecular weight is 352 g/mol. The molecular formula is C15H14ClN3O3S. The molecule has 0 spiro atoms. The predicted octanol–water partition coefficient (Wildman–Crippen LogP) is 2.55. The van der Waals surface area contributed by atoms with Gasteiger partial charge in [-0.1, -0.05) is 11.6 Å². The summed E-state index contributed by atoms with van der Waals surface area (Å²) in [5.41, 5.74) is 0. The maximum absolute atomic E-state index is 12.3. The smallest absolute Gasteiger partial charge is 0.263 e. The number of hydrogen-bond acceptors (Lipinski definition) is 6. The zero-order valence-electron chi connectivity index (χ0n) is 12.4. The molecule has 0 aromatic carbocycles. The van der Waals surface area contributed by atoms with E-state index in [0.717, 1.165) is 0 Å². The summed E-state index contributed by atoms with van der Waals surface area (Å²) < 4.78 is 5.52. The third-order valence-corrected chi connectivity index (χ3v) is 4.81. The first-order valence-corrected chi connectivity index (χ1v) is 8.23. The lowest BCUT2D eigenvalue weighted by molar-refractivity contribution is 0.0392. The van der Waals surface area contributed by atoms with Crippen molar-refractivity contribution in [3.63, 3.8) is 0 Å². The fourth-order valence-corrected chi connectivity index (χ4v) is 3.25. The van der Waals surface area contributed by atoms with Crippen LogP contribution in [0.3, 0.4) is 0 Å². The fraction of sp³-hybridized carbons (Fsp3) is 0.333. The number of ether oxygens (including phenoxy) is 1. The highest BCUT2D eigenvalue weighted by Gasteiger charge is 2.32. The van der Waals surface area contributed by atoms with Crippen molar-refractivity contribution in [3.8, 4) is 5.88 Å². The first-order valence-electron chi connectivity index (χ1n) is 7.03. The molecule has 1 aliphatic rings. The molecular weight excluding hydrogens is 338 g/mol. The summed E-state index contributed by atoms with van der Waals surface area (Å²) in [7, 11) is 0. The molecule has 1 saturated heterocycles. The highest BCUT2D eigenvalue weighted by Crippen LogP contribution is 2.24. The minimum Gasteiger partial charge on any atom is -0.476 e. The Balaban J connectivity index is 1.48. The topological polar surface area (TPSA) is 72.4 Å². The molecule has 0 saturated carbocycles. The SMILES string of the molecule is CC(=O)c1ccc(C(=O)N2CC(COc3cncc(Cl)n3)C2)s1. The van der Waals surface area contributed by atoms with Gasteiger partial charge in [-0.15, -0.1) is 11.3 Å². The molecule has 120 valence electrons. The summed E-state index contributed by atoms with van der Waals surface area (Å²) in [5, 5.41) is 0.284. The second kappa shape index (κ2) is 6.64. The number of Topliss-reactive ketones (excluding diaryl/α,β-unsaturated/α-hetero) is 1. The Labute approximate surface area is 142 Å². The lowest BCUT2D eigenvalue weighted by Crippen LogP contribution is -2.51. The van der Waals surface area contributed by atoms with Crippen molar-refractivity contribution in [1.82, 2.24) is 14.9 Å². The first-order chi connectivity index (χ1) is 11.0. The van der Waals surface area contributed by atoms with Gasteiger partial charge in [0.15, 0.2) is 10.9 Å². The van der Waals surface area contributed by atoms with Gasteiger partial charge < -0.3 is 9.64 Å². The van der Waals surface area contributed by atoms with Gasteiger partial charge in [-0.2, -0.15) is 4.98 Å². The van der Waals surface area contributed by atoms with Gasteiger partial charge >= 0.3 is 0 Å². The molecule has 2 aromatic heterocycles. The van der Waals surface area contributed by atoms with Gasteiger partial charge in [0.1, 0.15) is 0 Å². The highest BCUT2D eigenvalue weighted by atomic mass is 35.5. The monoisotopic (exact) mass is 351 g/mol. The minimum atomic E-state index is -0.0405. The van der Waals surface area contributed by atoms with Crippen molar-refractivity contribution in [2.24, 2.45) is 5.92 Å². The maximum Gasteiger partial charge on any atom is 0.263 e. The quantitative estimate of drug-likeness (QED) is 0.774. The number of halogens is 1. The number of amides is 1. The van der Waals surface area contributed by atoms with E-state index in [2.05, 4.69) is 9.97 Å². The van der Waals surface area contributed by atoms with E-state index in [1.807, 2.05) is 0 Å². The summed E-state index contributed by atoms with van der Waals surface area (Å²) in [4.78, 5) is 34.4. The minimum absolute atomic E-state index is 0.0217. The van der Waals surface area contributed by atoms with Crippen molar-refractivity contribution in [3.05, 3.63) is 39.4 Å². The molecule has 0 atom stereocenters. The van der Waals surface area contributed by atoms with Crippen LogP contribution < -0.4 is 4.74 Å². The molecule has 1 fully saturated rings. The number of carbonyl (C=O) groups is 2. The maximum atomic E-state index is 12.3. The summed E-state index contributed by atoms with van der Waals surface area (Å²) in [6, 6.07) is 3.40. The number of likely N-dealkylation sites (tertiary alicyclic amines) is 1. The summed E-state index contributed by atoms with van der Waals surface area (Å²) in [5.74, 6) is 0.575. The number of aromatic nitrogens is 2. The number of hydrogen-bond donors (Lipinski definition) is 0. The highest BCUT2D eigenvalue weighted by molar-refractivity contribution is 7.15. The van der Waals surface area contributed by atoms with E-state index in [-0.39, 0.29) is 22.8 Å². The van der Waals surface area contributed by atoms with Crippen molar-refractivity contribution in [1.29, 1.82) is 0 Å². The predicted molar refractivity (Wildman–Crippen MR) is 86.3 cm³/mol. The van der Waals surface area contributed by atoms with Gasteiger partial charge in [-0.05, 0) is 19.1 Å². The third-order valence-electron chi connectivity index (χ3n) is 3.46. The standard InChI is InChI=1S/C15H14ClN3O3S/c1-9(20)11-2-3-12(23-11)15(21)19-6-10(7-19)8-22-14-5-17-4-13(16)18-14/h2-5,10H,6-8H2,1H3. The van der Waals surface area contributed by atoms with Gasteiger partial charge in [-0.25, -0.2) is 0 Å². The molecule has 1 amide bonds. The van der Waals surface area contributed by atoms with Crippen molar-refractivity contribution >= 4 is 34.6 Å². The number of thiophene rings is 1. The Hall–Kier alpha value is -1.99. The lowest BCUT2D eigenvalue weighted by atomic mass is 10.0. The van der Waals surface area contributed by atoms with Crippen molar-refractivity contribution in [2.45, 2.75) is 6.92 Å². The van der Waals surface area contributed by atoms with E-state index in [1.54, 1.807) is 17.0 Å². The zero-order chi connectivity index (χ0) is 16.4. The van der Waals surface area contributed by atoms with Crippen LogP contribution >= 0.6 is 22.9 Å². The summed E-state index contributed by atoms with van der Waals surface area (Å²) >= 11 is 6.97. The van der Waals surface area contributed by atoms with Gasteiger partial charge in [0.25, 0.3) is 5.91 Å². The molecule has 2 aromatic rings. The molecule has 0 bridgehead atoms. The number of rotatable bonds is 5. The molecule has 23 heavy (non-hydrogen) atoms. The van der Waals surface area contributed by atoms with Gasteiger partial charge in [0, 0.05) is 19.0 Å². The Kier molecular flexibility index (Phi) is 4.58. The first kappa shape index (κ1) is 15.9.